The van der Waals surface area contributed by atoms with Crippen LogP contribution in [0.1, 0.15) is 25.8 Å². The summed E-state index contributed by atoms with van der Waals surface area (Å²) in [4.78, 5) is 0. The molecular formula is C11H20FN3O. The highest BCUT2D eigenvalue weighted by atomic mass is 19.1. The van der Waals surface area contributed by atoms with Crippen LogP contribution in [0.2, 0.25) is 0 Å². The maximum Gasteiger partial charge on any atom is 0.215 e. The second-order valence-corrected chi connectivity index (χ2v) is 3.50. The Hall–Kier alpha value is -0.940. The van der Waals surface area contributed by atoms with Crippen molar-refractivity contribution in [1.29, 1.82) is 0 Å². The fourth-order valence-electron chi connectivity index (χ4n) is 1.41. The van der Waals surface area contributed by atoms with Gasteiger partial charge in [0.25, 0.3) is 0 Å². The molecule has 92 valence electrons. The summed E-state index contributed by atoms with van der Waals surface area (Å²) in [5.74, 6) is -0.236. The summed E-state index contributed by atoms with van der Waals surface area (Å²) in [6.07, 6.45) is 2.52. The average Bonchev–Trinajstić information content (AvgIpc) is 2.65. The Morgan fingerprint density at radius 1 is 1.50 bits per heavy atom. The molecule has 0 saturated heterocycles. The van der Waals surface area contributed by atoms with Crippen LogP contribution in [0.25, 0.3) is 0 Å². The third-order valence-electron chi connectivity index (χ3n) is 2.31. The molecule has 0 aliphatic rings. The van der Waals surface area contributed by atoms with Crippen LogP contribution >= 0.6 is 0 Å². The van der Waals surface area contributed by atoms with Crippen molar-refractivity contribution in [3.8, 4) is 0 Å². The zero-order chi connectivity index (χ0) is 11.8. The number of aryl methyl sites for hydroxylation is 1. The van der Waals surface area contributed by atoms with E-state index in [0.717, 1.165) is 26.2 Å². The van der Waals surface area contributed by atoms with Gasteiger partial charge < -0.3 is 10.1 Å². The lowest BCUT2D eigenvalue weighted by Crippen LogP contribution is -2.17. The molecular weight excluding hydrogens is 209 g/mol. The average molecular weight is 229 g/mol. The van der Waals surface area contributed by atoms with E-state index in [1.165, 1.54) is 4.68 Å². The molecule has 0 aliphatic carbocycles. The van der Waals surface area contributed by atoms with Gasteiger partial charge in [0.1, 0.15) is 0 Å². The molecule has 0 atom stereocenters. The highest BCUT2D eigenvalue weighted by Gasteiger charge is 2.07. The molecule has 0 spiro atoms. The number of hydrogen-bond acceptors (Lipinski definition) is 3. The predicted molar refractivity (Wildman–Crippen MR) is 60.7 cm³/mol. The topological polar surface area (TPSA) is 39.1 Å². The van der Waals surface area contributed by atoms with Gasteiger partial charge in [-0.25, -0.2) is 4.68 Å². The van der Waals surface area contributed by atoms with E-state index in [1.807, 2.05) is 13.8 Å². The Morgan fingerprint density at radius 3 is 2.94 bits per heavy atom. The highest BCUT2D eigenvalue weighted by Crippen LogP contribution is 2.05. The number of hydrogen-bond donors (Lipinski definition) is 1. The van der Waals surface area contributed by atoms with Crippen LogP contribution in [0.15, 0.2) is 6.20 Å². The van der Waals surface area contributed by atoms with Crippen LogP contribution in [-0.2, 0) is 17.8 Å². The number of nitrogens with one attached hydrogen (secondary N) is 1. The van der Waals surface area contributed by atoms with Gasteiger partial charge in [-0.05, 0) is 26.8 Å². The third kappa shape index (κ3) is 3.90. The molecule has 0 saturated carbocycles. The Kier molecular flexibility index (Phi) is 6.03. The molecule has 0 aromatic carbocycles. The largest absolute Gasteiger partial charge is 0.382 e. The van der Waals surface area contributed by atoms with E-state index in [2.05, 4.69) is 10.4 Å². The molecule has 5 heteroatoms. The lowest BCUT2D eigenvalue weighted by molar-refractivity contribution is 0.144. The standard InChI is InChI=1S/C11H20FN3O/c1-3-15-11(12)10(9-14-15)8-13-6-5-7-16-4-2/h9,13H,3-8H2,1-2H3. The summed E-state index contributed by atoms with van der Waals surface area (Å²) >= 11 is 0. The van der Waals surface area contributed by atoms with E-state index in [9.17, 15) is 4.39 Å². The summed E-state index contributed by atoms with van der Waals surface area (Å²) in [6, 6.07) is 0. The van der Waals surface area contributed by atoms with Crippen LogP contribution in [0.5, 0.6) is 0 Å². The highest BCUT2D eigenvalue weighted by molar-refractivity contribution is 5.06. The minimum atomic E-state index is -0.236. The summed E-state index contributed by atoms with van der Waals surface area (Å²) in [7, 11) is 0. The normalized spacial score (nSPS) is 10.9. The van der Waals surface area contributed by atoms with E-state index in [4.69, 9.17) is 4.74 Å². The zero-order valence-electron chi connectivity index (χ0n) is 10.0. The van der Waals surface area contributed by atoms with Crippen molar-refractivity contribution < 1.29 is 9.13 Å². The first-order chi connectivity index (χ1) is 7.79. The summed E-state index contributed by atoms with van der Waals surface area (Å²) < 4.78 is 20.1. The van der Waals surface area contributed by atoms with E-state index >= 15 is 0 Å². The van der Waals surface area contributed by atoms with Gasteiger partial charge in [-0.3, -0.25) is 0 Å². The van der Waals surface area contributed by atoms with Crippen LogP contribution in [0, 0.1) is 5.95 Å². The molecule has 0 bridgehead atoms. The quantitative estimate of drug-likeness (QED) is 0.688. The van der Waals surface area contributed by atoms with E-state index in [0.29, 0.717) is 18.7 Å². The maximum absolute atomic E-state index is 13.5. The van der Waals surface area contributed by atoms with E-state index < -0.39 is 0 Å². The fourth-order valence-corrected chi connectivity index (χ4v) is 1.41. The monoisotopic (exact) mass is 229 g/mol. The van der Waals surface area contributed by atoms with Crippen molar-refractivity contribution in [2.24, 2.45) is 0 Å². The van der Waals surface area contributed by atoms with Gasteiger partial charge in [-0.15, -0.1) is 0 Å². The molecule has 0 aliphatic heterocycles. The van der Waals surface area contributed by atoms with Gasteiger partial charge >= 0.3 is 0 Å². The first-order valence-electron chi connectivity index (χ1n) is 5.78. The van der Waals surface area contributed by atoms with Crippen molar-refractivity contribution in [2.45, 2.75) is 33.4 Å². The third-order valence-corrected chi connectivity index (χ3v) is 2.31. The molecule has 0 radical (unpaired) electrons. The van der Waals surface area contributed by atoms with Crippen LogP contribution in [0.4, 0.5) is 4.39 Å². The fraction of sp³-hybridized carbons (Fsp3) is 0.727. The first-order valence-corrected chi connectivity index (χ1v) is 5.78. The number of ether oxygens (including phenoxy) is 1. The molecule has 1 aromatic rings. The predicted octanol–water partition coefficient (Wildman–Crippen LogP) is 1.56. The van der Waals surface area contributed by atoms with Gasteiger partial charge in [0.2, 0.25) is 5.95 Å². The number of rotatable bonds is 8. The van der Waals surface area contributed by atoms with Crippen molar-refractivity contribution in [3.63, 3.8) is 0 Å². The maximum atomic E-state index is 13.5. The molecule has 16 heavy (non-hydrogen) atoms. The second-order valence-electron chi connectivity index (χ2n) is 3.50. The minimum Gasteiger partial charge on any atom is -0.382 e. The Labute approximate surface area is 95.8 Å². The summed E-state index contributed by atoms with van der Waals surface area (Å²) in [6.45, 7) is 7.26. The smallest absolute Gasteiger partial charge is 0.215 e. The summed E-state index contributed by atoms with van der Waals surface area (Å²) in [5, 5.41) is 7.11. The zero-order valence-corrected chi connectivity index (χ0v) is 10.0. The molecule has 1 aromatic heterocycles. The SMILES string of the molecule is CCOCCCNCc1cnn(CC)c1F. The van der Waals surface area contributed by atoms with Gasteiger partial charge in [-0.1, -0.05) is 0 Å². The van der Waals surface area contributed by atoms with Gasteiger partial charge in [-0.2, -0.15) is 9.49 Å². The Balaban J connectivity index is 2.19. The van der Waals surface area contributed by atoms with Crippen molar-refractivity contribution >= 4 is 0 Å². The lowest BCUT2D eigenvalue weighted by atomic mass is 10.3. The molecule has 0 amide bonds. The summed E-state index contributed by atoms with van der Waals surface area (Å²) in [5.41, 5.74) is 0.623. The minimum absolute atomic E-state index is 0.236. The molecule has 0 fully saturated rings. The first kappa shape index (κ1) is 13.1. The molecule has 0 unspecified atom stereocenters. The molecule has 1 heterocycles. The molecule has 1 rings (SSSR count). The van der Waals surface area contributed by atoms with Crippen molar-refractivity contribution in [3.05, 3.63) is 17.7 Å². The second kappa shape index (κ2) is 7.35. The van der Waals surface area contributed by atoms with Gasteiger partial charge in [0, 0.05) is 31.9 Å². The Morgan fingerprint density at radius 2 is 2.31 bits per heavy atom. The molecule has 4 nitrogen and oxygen atoms in total. The number of aromatic nitrogens is 2. The van der Waals surface area contributed by atoms with Crippen LogP contribution in [-0.4, -0.2) is 29.5 Å². The van der Waals surface area contributed by atoms with E-state index in [1.54, 1.807) is 6.20 Å². The lowest BCUT2D eigenvalue weighted by Gasteiger charge is -2.03. The van der Waals surface area contributed by atoms with Crippen molar-refractivity contribution in [2.75, 3.05) is 19.8 Å². The Bertz CT molecular complexity index is 301. The van der Waals surface area contributed by atoms with Gasteiger partial charge in [0.15, 0.2) is 0 Å². The van der Waals surface area contributed by atoms with Crippen molar-refractivity contribution in [1.82, 2.24) is 15.1 Å². The van der Waals surface area contributed by atoms with E-state index in [-0.39, 0.29) is 5.95 Å². The molecule has 1 N–H and O–H groups in total. The van der Waals surface area contributed by atoms with Crippen LogP contribution in [0.3, 0.4) is 0 Å². The number of halogens is 1. The van der Waals surface area contributed by atoms with Gasteiger partial charge in [0.05, 0.1) is 6.20 Å². The number of nitrogens with zero attached hydrogens (tertiary/aromatic N) is 2. The van der Waals surface area contributed by atoms with Crippen LogP contribution < -0.4 is 5.32 Å².